The monoisotopic (exact) mass is 291 g/mol. The van der Waals surface area contributed by atoms with Gasteiger partial charge in [-0.25, -0.2) is 4.98 Å². The molecular weight excluding hydrogens is 278 g/mol. The first-order valence-corrected chi connectivity index (χ1v) is 6.61. The number of ether oxygens (including phenoxy) is 1. The molecule has 0 saturated carbocycles. The smallest absolute Gasteiger partial charge is 0.223 e. The van der Waals surface area contributed by atoms with E-state index in [9.17, 15) is 0 Å². The summed E-state index contributed by atoms with van der Waals surface area (Å²) in [6.45, 7) is 1.46. The zero-order chi connectivity index (χ0) is 14.1. The third kappa shape index (κ3) is 2.34. The van der Waals surface area contributed by atoms with Gasteiger partial charge in [0.05, 0.1) is 19.3 Å². The highest BCUT2D eigenvalue weighted by molar-refractivity contribution is 6.30. The first kappa shape index (κ1) is 12.9. The first-order chi connectivity index (χ1) is 9.67. The molecule has 2 aromatic heterocycles. The molecule has 0 amide bonds. The summed E-state index contributed by atoms with van der Waals surface area (Å²) in [5.74, 6) is 1.78. The van der Waals surface area contributed by atoms with Gasteiger partial charge in [0.1, 0.15) is 16.7 Å². The zero-order valence-corrected chi connectivity index (χ0v) is 11.8. The SMILES string of the molecule is COc1ccnc(CN2CCc3c(Cl)nc(N)nc32)c1. The van der Waals surface area contributed by atoms with E-state index in [1.54, 1.807) is 13.3 Å². The van der Waals surface area contributed by atoms with Crippen molar-refractivity contribution < 1.29 is 4.74 Å². The third-order valence-electron chi connectivity index (χ3n) is 3.26. The number of nitrogens with two attached hydrogens (primary N) is 1. The molecule has 0 aromatic carbocycles. The number of halogens is 1. The second kappa shape index (κ2) is 5.13. The van der Waals surface area contributed by atoms with Crippen LogP contribution in [0.25, 0.3) is 0 Å². The molecule has 0 atom stereocenters. The number of anilines is 2. The minimum Gasteiger partial charge on any atom is -0.497 e. The van der Waals surface area contributed by atoms with E-state index in [1.807, 2.05) is 12.1 Å². The maximum Gasteiger partial charge on any atom is 0.223 e. The molecule has 0 unspecified atom stereocenters. The van der Waals surface area contributed by atoms with Gasteiger partial charge >= 0.3 is 0 Å². The summed E-state index contributed by atoms with van der Waals surface area (Å²) in [6.07, 6.45) is 2.55. The van der Waals surface area contributed by atoms with Crippen LogP contribution in [0.15, 0.2) is 18.3 Å². The van der Waals surface area contributed by atoms with Crippen molar-refractivity contribution in [3.8, 4) is 5.75 Å². The van der Waals surface area contributed by atoms with E-state index in [4.69, 9.17) is 22.1 Å². The maximum atomic E-state index is 6.10. The van der Waals surface area contributed by atoms with Gasteiger partial charge in [0.15, 0.2) is 0 Å². The minimum absolute atomic E-state index is 0.194. The molecule has 7 heteroatoms. The largest absolute Gasteiger partial charge is 0.497 e. The van der Waals surface area contributed by atoms with Crippen LogP contribution in [-0.2, 0) is 13.0 Å². The molecule has 2 aromatic rings. The highest BCUT2D eigenvalue weighted by Crippen LogP contribution is 2.32. The Morgan fingerprint density at radius 3 is 3.10 bits per heavy atom. The molecular formula is C13H14ClN5O. The zero-order valence-electron chi connectivity index (χ0n) is 11.0. The summed E-state index contributed by atoms with van der Waals surface area (Å²) in [5.41, 5.74) is 7.52. The standard InChI is InChI=1S/C13H14ClN5O/c1-20-9-2-4-16-8(6-9)7-19-5-3-10-11(14)17-13(15)18-12(10)19/h2,4,6H,3,5,7H2,1H3,(H2,15,17,18). The molecule has 1 aliphatic rings. The lowest BCUT2D eigenvalue weighted by atomic mass is 10.3. The van der Waals surface area contributed by atoms with Crippen LogP contribution in [0.4, 0.5) is 11.8 Å². The quantitative estimate of drug-likeness (QED) is 0.867. The fourth-order valence-corrected chi connectivity index (χ4v) is 2.58. The molecule has 0 aliphatic carbocycles. The fourth-order valence-electron chi connectivity index (χ4n) is 2.31. The molecule has 0 radical (unpaired) electrons. The molecule has 104 valence electrons. The van der Waals surface area contributed by atoms with Crippen LogP contribution in [0.2, 0.25) is 5.15 Å². The summed E-state index contributed by atoms with van der Waals surface area (Å²) >= 11 is 6.10. The van der Waals surface area contributed by atoms with E-state index in [-0.39, 0.29) is 5.95 Å². The average molecular weight is 292 g/mol. The molecule has 0 bridgehead atoms. The first-order valence-electron chi connectivity index (χ1n) is 6.23. The number of hydrogen-bond donors (Lipinski definition) is 1. The van der Waals surface area contributed by atoms with Gasteiger partial charge in [-0.2, -0.15) is 4.98 Å². The minimum atomic E-state index is 0.194. The van der Waals surface area contributed by atoms with Crippen LogP contribution in [-0.4, -0.2) is 28.6 Å². The van der Waals surface area contributed by atoms with Crippen LogP contribution in [0.1, 0.15) is 11.3 Å². The molecule has 6 nitrogen and oxygen atoms in total. The second-order valence-corrected chi connectivity index (χ2v) is 4.89. The van der Waals surface area contributed by atoms with Crippen LogP contribution in [0.3, 0.4) is 0 Å². The third-order valence-corrected chi connectivity index (χ3v) is 3.57. The molecule has 20 heavy (non-hydrogen) atoms. The number of nitrogens with zero attached hydrogens (tertiary/aromatic N) is 4. The lowest BCUT2D eigenvalue weighted by Gasteiger charge is -2.18. The number of methoxy groups -OCH3 is 1. The molecule has 1 aliphatic heterocycles. The highest BCUT2D eigenvalue weighted by Gasteiger charge is 2.25. The number of fused-ring (bicyclic) bond motifs is 1. The predicted octanol–water partition coefficient (Wildman–Crippen LogP) is 1.68. The van der Waals surface area contributed by atoms with Gasteiger partial charge in [0, 0.05) is 24.4 Å². The average Bonchev–Trinajstić information content (AvgIpc) is 2.82. The Balaban J connectivity index is 1.88. The Morgan fingerprint density at radius 2 is 2.30 bits per heavy atom. The van der Waals surface area contributed by atoms with E-state index < -0.39 is 0 Å². The van der Waals surface area contributed by atoms with Gasteiger partial charge in [-0.3, -0.25) is 4.98 Å². The van der Waals surface area contributed by atoms with E-state index in [2.05, 4.69) is 19.9 Å². The van der Waals surface area contributed by atoms with E-state index in [0.29, 0.717) is 11.7 Å². The van der Waals surface area contributed by atoms with Crippen molar-refractivity contribution in [1.29, 1.82) is 0 Å². The number of aromatic nitrogens is 3. The van der Waals surface area contributed by atoms with Crippen LogP contribution in [0.5, 0.6) is 5.75 Å². The summed E-state index contributed by atoms with van der Waals surface area (Å²) in [6, 6.07) is 3.72. The number of pyridine rings is 1. The maximum absolute atomic E-state index is 6.10. The molecule has 0 spiro atoms. The van der Waals surface area contributed by atoms with Crippen molar-refractivity contribution in [2.45, 2.75) is 13.0 Å². The molecule has 0 saturated heterocycles. The van der Waals surface area contributed by atoms with E-state index >= 15 is 0 Å². The Labute approximate surface area is 121 Å². The molecule has 3 rings (SSSR count). The van der Waals surface area contributed by atoms with Crippen LogP contribution in [0, 0.1) is 0 Å². The lowest BCUT2D eigenvalue weighted by molar-refractivity contribution is 0.413. The van der Waals surface area contributed by atoms with Crippen molar-refractivity contribution in [1.82, 2.24) is 15.0 Å². The van der Waals surface area contributed by atoms with Crippen molar-refractivity contribution in [2.24, 2.45) is 0 Å². The number of nitrogen functional groups attached to an aromatic ring is 1. The Hall–Kier alpha value is -2.08. The lowest BCUT2D eigenvalue weighted by Crippen LogP contribution is -2.21. The van der Waals surface area contributed by atoms with Gasteiger partial charge < -0.3 is 15.4 Å². The van der Waals surface area contributed by atoms with Crippen molar-refractivity contribution >= 4 is 23.4 Å². The van der Waals surface area contributed by atoms with Gasteiger partial charge in [0.2, 0.25) is 5.95 Å². The van der Waals surface area contributed by atoms with Gasteiger partial charge in [0.25, 0.3) is 0 Å². The van der Waals surface area contributed by atoms with Gasteiger partial charge in [-0.15, -0.1) is 0 Å². The normalized spacial score (nSPS) is 13.4. The van der Waals surface area contributed by atoms with Gasteiger partial charge in [-0.1, -0.05) is 11.6 Å². The Morgan fingerprint density at radius 1 is 1.45 bits per heavy atom. The van der Waals surface area contributed by atoms with Crippen LogP contribution < -0.4 is 15.4 Å². The summed E-state index contributed by atoms with van der Waals surface area (Å²) < 4.78 is 5.20. The highest BCUT2D eigenvalue weighted by atomic mass is 35.5. The van der Waals surface area contributed by atoms with Crippen LogP contribution >= 0.6 is 11.6 Å². The molecule has 2 N–H and O–H groups in total. The van der Waals surface area contributed by atoms with Crippen molar-refractivity contribution in [3.05, 3.63) is 34.7 Å². The van der Waals surface area contributed by atoms with Crippen molar-refractivity contribution in [2.75, 3.05) is 24.3 Å². The summed E-state index contributed by atoms with van der Waals surface area (Å²) in [5, 5.41) is 0.439. The Kier molecular flexibility index (Phi) is 3.31. The Bertz CT molecular complexity index is 649. The molecule has 3 heterocycles. The predicted molar refractivity (Wildman–Crippen MR) is 77.0 cm³/mol. The molecule has 0 fully saturated rings. The topological polar surface area (TPSA) is 77.2 Å². The van der Waals surface area contributed by atoms with E-state index in [1.165, 1.54) is 0 Å². The summed E-state index contributed by atoms with van der Waals surface area (Å²) in [4.78, 5) is 14.7. The second-order valence-electron chi connectivity index (χ2n) is 4.53. The number of hydrogen-bond acceptors (Lipinski definition) is 6. The number of rotatable bonds is 3. The summed E-state index contributed by atoms with van der Waals surface area (Å²) in [7, 11) is 1.64. The van der Waals surface area contributed by atoms with E-state index in [0.717, 1.165) is 35.8 Å². The van der Waals surface area contributed by atoms with Gasteiger partial charge in [-0.05, 0) is 12.5 Å². The fraction of sp³-hybridized carbons (Fsp3) is 0.308. The van der Waals surface area contributed by atoms with Crippen molar-refractivity contribution in [3.63, 3.8) is 0 Å².